The molecule has 176 valence electrons. The number of hydrogen-bond acceptors (Lipinski definition) is 5. The van der Waals surface area contributed by atoms with Crippen LogP contribution in [0.15, 0.2) is 42.5 Å². The maximum atomic E-state index is 12.8. The van der Waals surface area contributed by atoms with E-state index in [0.717, 1.165) is 17.0 Å². The highest BCUT2D eigenvalue weighted by atomic mass is 32.1. The Kier molecular flexibility index (Phi) is 7.44. The molecule has 0 bridgehead atoms. The van der Waals surface area contributed by atoms with E-state index in [0.29, 0.717) is 39.6 Å². The zero-order valence-corrected chi connectivity index (χ0v) is 19.1. The van der Waals surface area contributed by atoms with Crippen molar-refractivity contribution in [3.05, 3.63) is 69.7 Å². The van der Waals surface area contributed by atoms with Gasteiger partial charge in [0.05, 0.1) is 17.4 Å². The minimum Gasteiger partial charge on any atom is -0.479 e. The number of halogens is 3. The maximum Gasteiger partial charge on any atom is 0.416 e. The number of thiazole rings is 1. The molecule has 0 aliphatic rings. The van der Waals surface area contributed by atoms with E-state index in [1.165, 1.54) is 23.5 Å². The molecule has 0 saturated heterocycles. The number of carboxylic acid groups (broad SMARTS) is 1. The molecule has 9 heteroatoms. The molecule has 2 unspecified atom stereocenters. The quantitative estimate of drug-likeness (QED) is 0.417. The minimum absolute atomic E-state index is 0.288. The largest absolute Gasteiger partial charge is 0.479 e. The zero-order chi connectivity index (χ0) is 24.3. The van der Waals surface area contributed by atoms with Crippen LogP contribution in [0.4, 0.5) is 13.2 Å². The molecule has 0 aliphatic heterocycles. The molecule has 2 N–H and O–H groups in total. The first-order valence-corrected chi connectivity index (χ1v) is 11.1. The van der Waals surface area contributed by atoms with Crippen molar-refractivity contribution >= 4 is 17.3 Å². The van der Waals surface area contributed by atoms with Crippen LogP contribution in [0.5, 0.6) is 5.75 Å². The molecule has 2 aromatic carbocycles. The minimum atomic E-state index is -4.39. The lowest BCUT2D eigenvalue weighted by molar-refractivity contribution is -0.145. The Labute approximate surface area is 193 Å². The molecule has 3 rings (SSSR count). The fraction of sp³-hybridized carbons (Fsp3) is 0.333. The predicted molar refractivity (Wildman–Crippen MR) is 119 cm³/mol. The summed E-state index contributed by atoms with van der Waals surface area (Å²) in [7, 11) is 0. The van der Waals surface area contributed by atoms with Gasteiger partial charge in [-0.05, 0) is 55.7 Å². The lowest BCUT2D eigenvalue weighted by Gasteiger charge is -2.17. The SMILES string of the molecule is CCC(Oc1ccc(C(O)Cc2sc(-c3ccc(C(F)(F)F)cc3)nc2C)cc1C)C(=O)O. The first-order valence-electron chi connectivity index (χ1n) is 10.3. The summed E-state index contributed by atoms with van der Waals surface area (Å²) in [6, 6.07) is 9.93. The van der Waals surface area contributed by atoms with Gasteiger partial charge in [0.25, 0.3) is 0 Å². The molecular weight excluding hydrogens is 455 g/mol. The Balaban J connectivity index is 1.74. The number of aryl methyl sites for hydroxylation is 2. The fourth-order valence-corrected chi connectivity index (χ4v) is 4.41. The van der Waals surface area contributed by atoms with E-state index in [9.17, 15) is 28.2 Å². The molecule has 33 heavy (non-hydrogen) atoms. The van der Waals surface area contributed by atoms with Gasteiger partial charge in [-0.2, -0.15) is 13.2 Å². The molecule has 0 spiro atoms. The van der Waals surface area contributed by atoms with Crippen LogP contribution >= 0.6 is 11.3 Å². The van der Waals surface area contributed by atoms with Gasteiger partial charge in [0.15, 0.2) is 6.10 Å². The van der Waals surface area contributed by atoms with Crippen molar-refractivity contribution < 1.29 is 32.9 Å². The van der Waals surface area contributed by atoms with Gasteiger partial charge in [-0.1, -0.05) is 25.1 Å². The highest BCUT2D eigenvalue weighted by molar-refractivity contribution is 7.15. The van der Waals surface area contributed by atoms with E-state index in [2.05, 4.69) is 4.98 Å². The Morgan fingerprint density at radius 2 is 1.82 bits per heavy atom. The zero-order valence-electron chi connectivity index (χ0n) is 18.3. The number of carboxylic acids is 1. The summed E-state index contributed by atoms with van der Waals surface area (Å²) in [6.45, 7) is 5.30. The first-order chi connectivity index (χ1) is 15.5. The number of rotatable bonds is 8. The molecule has 0 radical (unpaired) electrons. The van der Waals surface area contributed by atoms with Crippen LogP contribution in [0, 0.1) is 13.8 Å². The standard InChI is InChI=1S/C24H24F3NO4S/c1-4-19(23(30)31)32-20-10-7-16(11-13(20)2)18(29)12-21-14(3)28-22(33-21)15-5-8-17(9-6-15)24(25,26)27/h5-11,18-19,29H,4,12H2,1-3H3,(H,30,31). The Morgan fingerprint density at radius 1 is 1.15 bits per heavy atom. The Bertz CT molecular complexity index is 1130. The van der Waals surface area contributed by atoms with E-state index in [1.807, 2.05) is 0 Å². The number of aromatic nitrogens is 1. The van der Waals surface area contributed by atoms with Gasteiger partial charge in [-0.3, -0.25) is 0 Å². The number of hydrogen-bond donors (Lipinski definition) is 2. The second-order valence-electron chi connectivity index (χ2n) is 7.70. The number of ether oxygens (including phenoxy) is 1. The number of aliphatic carboxylic acids is 1. The van der Waals surface area contributed by atoms with Crippen LogP contribution in [0.3, 0.4) is 0 Å². The molecule has 0 saturated carbocycles. The second-order valence-corrected chi connectivity index (χ2v) is 8.78. The van der Waals surface area contributed by atoms with Crippen LogP contribution in [0.2, 0.25) is 0 Å². The van der Waals surface area contributed by atoms with Gasteiger partial charge >= 0.3 is 12.1 Å². The normalized spacial score (nSPS) is 13.5. The summed E-state index contributed by atoms with van der Waals surface area (Å²) in [4.78, 5) is 16.5. The van der Waals surface area contributed by atoms with Crippen molar-refractivity contribution in [3.8, 4) is 16.3 Å². The average molecular weight is 480 g/mol. The third-order valence-electron chi connectivity index (χ3n) is 5.23. The number of benzene rings is 2. The highest BCUT2D eigenvalue weighted by Crippen LogP contribution is 2.34. The van der Waals surface area contributed by atoms with E-state index >= 15 is 0 Å². The number of nitrogens with zero attached hydrogens (tertiary/aromatic N) is 1. The van der Waals surface area contributed by atoms with Crippen LogP contribution in [-0.4, -0.2) is 27.3 Å². The van der Waals surface area contributed by atoms with Gasteiger partial charge in [-0.25, -0.2) is 9.78 Å². The molecule has 2 atom stereocenters. The first kappa shape index (κ1) is 24.7. The number of carbonyl (C=O) groups is 1. The van der Waals surface area contributed by atoms with Crippen molar-refractivity contribution in [2.24, 2.45) is 0 Å². The van der Waals surface area contributed by atoms with Gasteiger partial charge in [0, 0.05) is 16.9 Å². The number of aliphatic hydroxyl groups excluding tert-OH is 1. The third kappa shape index (κ3) is 5.91. The Hall–Kier alpha value is -2.91. The average Bonchev–Trinajstić information content (AvgIpc) is 3.12. The molecule has 0 amide bonds. The van der Waals surface area contributed by atoms with Crippen LogP contribution in [0.25, 0.3) is 10.6 Å². The number of aliphatic hydroxyl groups is 1. The van der Waals surface area contributed by atoms with Crippen molar-refractivity contribution in [1.29, 1.82) is 0 Å². The van der Waals surface area contributed by atoms with E-state index in [4.69, 9.17) is 4.74 Å². The van der Waals surface area contributed by atoms with Gasteiger partial charge in [0.2, 0.25) is 0 Å². The summed E-state index contributed by atoms with van der Waals surface area (Å²) in [5, 5.41) is 20.5. The van der Waals surface area contributed by atoms with E-state index in [-0.39, 0.29) is 6.42 Å². The van der Waals surface area contributed by atoms with E-state index < -0.39 is 29.9 Å². The summed E-state index contributed by atoms with van der Waals surface area (Å²) in [5.74, 6) is -0.593. The molecule has 1 heterocycles. The van der Waals surface area contributed by atoms with E-state index in [1.54, 1.807) is 39.0 Å². The Morgan fingerprint density at radius 3 is 2.36 bits per heavy atom. The van der Waals surface area contributed by atoms with Crippen molar-refractivity contribution in [2.75, 3.05) is 0 Å². The van der Waals surface area contributed by atoms with Crippen LogP contribution in [-0.2, 0) is 17.4 Å². The molecule has 1 aromatic heterocycles. The molecule has 0 fully saturated rings. The predicted octanol–water partition coefficient (Wildman–Crippen LogP) is 5.96. The van der Waals surface area contributed by atoms with Crippen LogP contribution in [0.1, 0.15) is 46.7 Å². The molecule has 5 nitrogen and oxygen atoms in total. The summed E-state index contributed by atoms with van der Waals surface area (Å²) < 4.78 is 43.9. The third-order valence-corrected chi connectivity index (χ3v) is 6.46. The summed E-state index contributed by atoms with van der Waals surface area (Å²) in [5.41, 5.74) is 1.92. The van der Waals surface area contributed by atoms with Gasteiger partial charge < -0.3 is 14.9 Å². The van der Waals surface area contributed by atoms with Crippen molar-refractivity contribution in [1.82, 2.24) is 4.98 Å². The summed E-state index contributed by atoms with van der Waals surface area (Å²) >= 11 is 1.33. The fourth-order valence-electron chi connectivity index (χ4n) is 3.31. The maximum absolute atomic E-state index is 12.8. The molecular formula is C24H24F3NO4S. The van der Waals surface area contributed by atoms with Crippen LogP contribution < -0.4 is 4.74 Å². The molecule has 3 aromatic rings. The van der Waals surface area contributed by atoms with Gasteiger partial charge in [-0.15, -0.1) is 11.3 Å². The van der Waals surface area contributed by atoms with Gasteiger partial charge in [0.1, 0.15) is 10.8 Å². The topological polar surface area (TPSA) is 79.7 Å². The number of alkyl halides is 3. The molecule has 0 aliphatic carbocycles. The monoisotopic (exact) mass is 479 g/mol. The van der Waals surface area contributed by atoms with Crippen molar-refractivity contribution in [3.63, 3.8) is 0 Å². The second kappa shape index (κ2) is 9.93. The van der Waals surface area contributed by atoms with Crippen molar-refractivity contribution in [2.45, 2.75) is 52.0 Å². The lowest BCUT2D eigenvalue weighted by atomic mass is 10.0. The lowest BCUT2D eigenvalue weighted by Crippen LogP contribution is -2.26. The summed E-state index contributed by atoms with van der Waals surface area (Å²) in [6.07, 6.45) is -5.56. The smallest absolute Gasteiger partial charge is 0.416 e. The highest BCUT2D eigenvalue weighted by Gasteiger charge is 2.30.